The SMILES string of the molecule is C=Cc1nc2c(ncn2[C@@H]2O[C@H](COP(=O)(O)O)C(O)C2O)c(=O)[nH]1. The number of phosphoric ester groups is 1. The van der Waals surface area contributed by atoms with Gasteiger partial charge in [-0.15, -0.1) is 0 Å². The molecular weight excluding hydrogens is 359 g/mol. The van der Waals surface area contributed by atoms with Crippen LogP contribution in [0, 0.1) is 0 Å². The van der Waals surface area contributed by atoms with Crippen LogP contribution in [0.15, 0.2) is 17.7 Å². The molecule has 3 heterocycles. The molecular formula is C12H15N4O8P. The highest BCUT2D eigenvalue weighted by Crippen LogP contribution is 2.38. The van der Waals surface area contributed by atoms with Crippen LogP contribution in [0.2, 0.25) is 0 Å². The summed E-state index contributed by atoms with van der Waals surface area (Å²) in [7, 11) is -4.76. The second-order valence-corrected chi connectivity index (χ2v) is 6.55. The average molecular weight is 374 g/mol. The molecule has 4 atom stereocenters. The minimum Gasteiger partial charge on any atom is -0.387 e. The normalized spacial score (nSPS) is 27.0. The van der Waals surface area contributed by atoms with E-state index in [9.17, 15) is 19.6 Å². The van der Waals surface area contributed by atoms with Crippen LogP contribution in [0.3, 0.4) is 0 Å². The van der Waals surface area contributed by atoms with Crippen molar-refractivity contribution in [3.05, 3.63) is 29.1 Å². The molecule has 1 aliphatic heterocycles. The van der Waals surface area contributed by atoms with E-state index in [4.69, 9.17) is 14.5 Å². The fourth-order valence-electron chi connectivity index (χ4n) is 2.49. The monoisotopic (exact) mass is 374 g/mol. The van der Waals surface area contributed by atoms with Crippen LogP contribution >= 0.6 is 7.82 Å². The van der Waals surface area contributed by atoms with E-state index in [1.165, 1.54) is 17.0 Å². The third kappa shape index (κ3) is 3.41. The Hall–Kier alpha value is -1.92. The Balaban J connectivity index is 1.93. The van der Waals surface area contributed by atoms with E-state index in [1.807, 2.05) is 0 Å². The van der Waals surface area contributed by atoms with Gasteiger partial charge in [0.1, 0.15) is 24.1 Å². The van der Waals surface area contributed by atoms with Gasteiger partial charge in [-0.2, -0.15) is 0 Å². The fraction of sp³-hybridized carbons (Fsp3) is 0.417. The van der Waals surface area contributed by atoms with E-state index in [0.29, 0.717) is 0 Å². The van der Waals surface area contributed by atoms with Gasteiger partial charge in [-0.3, -0.25) is 13.9 Å². The van der Waals surface area contributed by atoms with Gasteiger partial charge in [0.2, 0.25) is 0 Å². The van der Waals surface area contributed by atoms with Gasteiger partial charge in [-0.05, 0) is 6.08 Å². The van der Waals surface area contributed by atoms with Crippen molar-refractivity contribution in [1.82, 2.24) is 19.5 Å². The third-order valence-corrected chi connectivity index (χ3v) is 4.15. The molecule has 0 aliphatic carbocycles. The maximum absolute atomic E-state index is 11.9. The largest absolute Gasteiger partial charge is 0.469 e. The Morgan fingerprint density at radius 1 is 1.44 bits per heavy atom. The zero-order valence-electron chi connectivity index (χ0n) is 12.6. The van der Waals surface area contributed by atoms with Crippen molar-refractivity contribution in [2.75, 3.05) is 6.61 Å². The van der Waals surface area contributed by atoms with E-state index >= 15 is 0 Å². The van der Waals surface area contributed by atoms with Crippen LogP contribution in [0.1, 0.15) is 12.1 Å². The number of imidazole rings is 1. The molecule has 25 heavy (non-hydrogen) atoms. The number of hydrogen-bond acceptors (Lipinski definition) is 8. The Morgan fingerprint density at radius 3 is 2.80 bits per heavy atom. The van der Waals surface area contributed by atoms with Crippen molar-refractivity contribution >= 4 is 25.1 Å². The zero-order valence-corrected chi connectivity index (χ0v) is 13.5. The first-order chi connectivity index (χ1) is 11.7. The zero-order chi connectivity index (χ0) is 18.4. The lowest BCUT2D eigenvalue weighted by Gasteiger charge is -2.16. The van der Waals surface area contributed by atoms with Gasteiger partial charge in [0.15, 0.2) is 17.4 Å². The molecule has 2 aromatic heterocycles. The van der Waals surface area contributed by atoms with E-state index in [0.717, 1.165) is 0 Å². The third-order valence-electron chi connectivity index (χ3n) is 3.66. The molecule has 0 spiro atoms. The highest BCUT2D eigenvalue weighted by atomic mass is 31.2. The van der Waals surface area contributed by atoms with E-state index in [1.54, 1.807) is 0 Å². The first-order valence-electron chi connectivity index (χ1n) is 7.02. The van der Waals surface area contributed by atoms with Gasteiger partial charge >= 0.3 is 7.82 Å². The van der Waals surface area contributed by atoms with Crippen LogP contribution in [0.4, 0.5) is 0 Å². The van der Waals surface area contributed by atoms with Crippen molar-refractivity contribution in [2.45, 2.75) is 24.5 Å². The predicted molar refractivity (Wildman–Crippen MR) is 82.2 cm³/mol. The van der Waals surface area contributed by atoms with E-state index in [-0.39, 0.29) is 17.0 Å². The minimum atomic E-state index is -4.76. The summed E-state index contributed by atoms with van der Waals surface area (Å²) in [6, 6.07) is 0. The van der Waals surface area contributed by atoms with Crippen LogP contribution in [-0.2, 0) is 13.8 Å². The summed E-state index contributed by atoms with van der Waals surface area (Å²) in [5.74, 6) is 0.175. The van der Waals surface area contributed by atoms with Crippen LogP contribution in [0.5, 0.6) is 0 Å². The molecule has 13 heteroatoms. The minimum absolute atomic E-state index is 0.00851. The van der Waals surface area contributed by atoms with Gasteiger partial charge in [0.05, 0.1) is 12.9 Å². The molecule has 136 valence electrons. The topological polar surface area (TPSA) is 180 Å². The maximum atomic E-state index is 11.9. The first kappa shape index (κ1) is 17.9. The van der Waals surface area contributed by atoms with Crippen molar-refractivity contribution in [1.29, 1.82) is 0 Å². The summed E-state index contributed by atoms with van der Waals surface area (Å²) in [6.45, 7) is 2.86. The molecule has 2 unspecified atom stereocenters. The molecule has 1 aliphatic rings. The van der Waals surface area contributed by atoms with Gasteiger partial charge in [-0.1, -0.05) is 6.58 Å². The van der Waals surface area contributed by atoms with Gasteiger partial charge in [0.25, 0.3) is 5.56 Å². The number of nitrogens with zero attached hydrogens (tertiary/aromatic N) is 3. The van der Waals surface area contributed by atoms with E-state index < -0.39 is 44.5 Å². The molecule has 12 nitrogen and oxygen atoms in total. The molecule has 1 saturated heterocycles. The van der Waals surface area contributed by atoms with Crippen LogP contribution in [-0.4, -0.2) is 64.4 Å². The van der Waals surface area contributed by atoms with Crippen molar-refractivity contribution in [3.8, 4) is 0 Å². The summed E-state index contributed by atoms with van der Waals surface area (Å²) < 4.78 is 21.7. The highest BCUT2D eigenvalue weighted by Gasteiger charge is 2.45. The number of H-pyrrole nitrogens is 1. The number of hydrogen-bond donors (Lipinski definition) is 5. The molecule has 0 aromatic carbocycles. The number of rotatable bonds is 5. The lowest BCUT2D eigenvalue weighted by molar-refractivity contribution is -0.0504. The molecule has 0 saturated carbocycles. The Kier molecular flexibility index (Phi) is 4.60. The molecule has 5 N–H and O–H groups in total. The number of aromatic amines is 1. The van der Waals surface area contributed by atoms with Gasteiger partial charge < -0.3 is 29.7 Å². The van der Waals surface area contributed by atoms with Gasteiger partial charge in [0, 0.05) is 0 Å². The van der Waals surface area contributed by atoms with Gasteiger partial charge in [-0.25, -0.2) is 14.5 Å². The Morgan fingerprint density at radius 2 is 2.16 bits per heavy atom. The molecule has 2 aromatic rings. The van der Waals surface area contributed by atoms with Crippen LogP contribution < -0.4 is 5.56 Å². The number of fused-ring (bicyclic) bond motifs is 1. The predicted octanol–water partition coefficient (Wildman–Crippen LogP) is -1.51. The quantitative estimate of drug-likeness (QED) is 0.386. The van der Waals surface area contributed by atoms with E-state index in [2.05, 4.69) is 26.1 Å². The second-order valence-electron chi connectivity index (χ2n) is 5.31. The number of phosphoric acid groups is 1. The highest BCUT2D eigenvalue weighted by molar-refractivity contribution is 7.46. The van der Waals surface area contributed by atoms with Crippen molar-refractivity contribution < 1.29 is 33.8 Å². The molecule has 3 rings (SSSR count). The molecule has 0 radical (unpaired) electrons. The summed E-state index contributed by atoms with van der Waals surface area (Å²) in [5.41, 5.74) is -0.440. The maximum Gasteiger partial charge on any atom is 0.469 e. The lowest BCUT2D eigenvalue weighted by atomic mass is 10.1. The molecule has 0 bridgehead atoms. The van der Waals surface area contributed by atoms with Crippen molar-refractivity contribution in [2.24, 2.45) is 0 Å². The Labute approximate surface area is 139 Å². The molecule has 0 amide bonds. The standard InChI is InChI=1S/C12H15N4O8P/c1-2-6-14-10-7(11(19)15-6)13-4-16(10)12-9(18)8(17)5(24-12)3-23-25(20,21)22/h2,4-5,8-9,12,17-18H,1,3H2,(H,14,15,19)(H2,20,21,22)/t5-,8?,9?,12-/m1/s1. The van der Waals surface area contributed by atoms with Crippen LogP contribution in [0.25, 0.3) is 17.2 Å². The molecule has 1 fully saturated rings. The number of aromatic nitrogens is 4. The first-order valence-corrected chi connectivity index (χ1v) is 8.55. The number of aliphatic hydroxyl groups excluding tert-OH is 2. The number of aliphatic hydroxyl groups is 2. The van der Waals surface area contributed by atoms with Crippen molar-refractivity contribution in [3.63, 3.8) is 0 Å². The smallest absolute Gasteiger partial charge is 0.387 e. The number of ether oxygens (including phenoxy) is 1. The fourth-order valence-corrected chi connectivity index (χ4v) is 2.83. The second kappa shape index (κ2) is 6.42. The average Bonchev–Trinajstić information content (AvgIpc) is 3.08. The number of nitrogens with one attached hydrogen (secondary N) is 1. The summed E-state index contributed by atoms with van der Waals surface area (Å²) in [5, 5.41) is 20.2. The summed E-state index contributed by atoms with van der Waals surface area (Å²) in [4.78, 5) is 39.9. The summed E-state index contributed by atoms with van der Waals surface area (Å²) in [6.07, 6.45) is -2.81. The lowest BCUT2D eigenvalue weighted by Crippen LogP contribution is -2.33. The summed E-state index contributed by atoms with van der Waals surface area (Å²) >= 11 is 0. The Bertz CT molecular complexity index is 904.